The molecule has 0 unspecified atom stereocenters. The van der Waals surface area contributed by atoms with Crippen LogP contribution in [0.3, 0.4) is 0 Å². The molecule has 0 aliphatic rings. The molecule has 1 amide bonds. The minimum atomic E-state index is -0.305. The molecule has 28 heavy (non-hydrogen) atoms. The fourth-order valence-corrected chi connectivity index (χ4v) is 4.47. The first-order chi connectivity index (χ1) is 13.6. The van der Waals surface area contributed by atoms with Crippen LogP contribution in [0.4, 0.5) is 5.69 Å². The van der Waals surface area contributed by atoms with Gasteiger partial charge in [0.05, 0.1) is 11.6 Å². The number of aryl methyl sites for hydroxylation is 1. The first-order valence-electron chi connectivity index (χ1n) is 8.53. The Labute approximate surface area is 169 Å². The number of thiazole rings is 1. The van der Waals surface area contributed by atoms with Gasteiger partial charge in [0.1, 0.15) is 6.54 Å². The van der Waals surface area contributed by atoms with Crippen molar-refractivity contribution >= 4 is 45.5 Å². The van der Waals surface area contributed by atoms with Crippen molar-refractivity contribution in [2.45, 2.75) is 22.7 Å². The van der Waals surface area contributed by atoms with Gasteiger partial charge in [-0.2, -0.15) is 5.10 Å². The molecule has 0 radical (unpaired) electrons. The van der Waals surface area contributed by atoms with Gasteiger partial charge in [-0.05, 0) is 37.3 Å². The van der Waals surface area contributed by atoms with E-state index in [0.717, 1.165) is 20.3 Å². The van der Waals surface area contributed by atoms with Gasteiger partial charge in [0.2, 0.25) is 5.91 Å². The quantitative estimate of drug-likeness (QED) is 0.541. The van der Waals surface area contributed by atoms with E-state index in [1.54, 1.807) is 41.4 Å². The molecule has 0 aliphatic carbocycles. The molecule has 0 fully saturated rings. The topological polar surface area (TPSA) is 76.9 Å². The van der Waals surface area contributed by atoms with E-state index < -0.39 is 0 Å². The zero-order chi connectivity index (χ0) is 19.5. The second-order valence-electron chi connectivity index (χ2n) is 6.12. The lowest BCUT2D eigenvalue weighted by Crippen LogP contribution is -2.29. The highest BCUT2D eigenvalue weighted by Crippen LogP contribution is 2.30. The first-order valence-corrected chi connectivity index (χ1v) is 10.2. The van der Waals surface area contributed by atoms with Gasteiger partial charge < -0.3 is 5.32 Å². The number of carbonyl (C=O) groups is 1. The molecule has 0 bridgehead atoms. The molecule has 0 saturated heterocycles. The van der Waals surface area contributed by atoms with Crippen molar-refractivity contribution in [3.63, 3.8) is 0 Å². The van der Waals surface area contributed by atoms with E-state index in [2.05, 4.69) is 15.4 Å². The van der Waals surface area contributed by atoms with Crippen LogP contribution in [-0.2, 0) is 11.3 Å². The summed E-state index contributed by atoms with van der Waals surface area (Å²) >= 11 is 3.19. The first kappa shape index (κ1) is 18.4. The van der Waals surface area contributed by atoms with E-state index in [9.17, 15) is 9.59 Å². The fourth-order valence-electron chi connectivity index (χ4n) is 2.66. The van der Waals surface area contributed by atoms with Crippen molar-refractivity contribution < 1.29 is 4.79 Å². The summed E-state index contributed by atoms with van der Waals surface area (Å²) in [5, 5.41) is 10.2. The number of nitrogens with one attached hydrogen (secondary N) is 1. The summed E-state index contributed by atoms with van der Waals surface area (Å²) in [4.78, 5) is 30.2. The minimum absolute atomic E-state index is 0.140. The predicted octanol–water partition coefficient (Wildman–Crippen LogP) is 3.95. The minimum Gasteiger partial charge on any atom is -0.324 e. The molecule has 6 nitrogen and oxygen atoms in total. The number of nitrogens with zero attached hydrogens (tertiary/aromatic N) is 3. The molecule has 140 valence electrons. The number of rotatable bonds is 5. The van der Waals surface area contributed by atoms with Crippen LogP contribution < -0.4 is 10.9 Å². The Kier molecular flexibility index (Phi) is 5.23. The molecule has 0 aliphatic heterocycles. The van der Waals surface area contributed by atoms with E-state index in [-0.39, 0.29) is 18.0 Å². The molecule has 1 N–H and O–H groups in total. The van der Waals surface area contributed by atoms with Crippen LogP contribution >= 0.6 is 23.1 Å². The average molecular weight is 409 g/mol. The molecule has 0 saturated carbocycles. The largest absolute Gasteiger partial charge is 0.324 e. The summed E-state index contributed by atoms with van der Waals surface area (Å²) in [7, 11) is 0. The van der Waals surface area contributed by atoms with Crippen molar-refractivity contribution in [2.24, 2.45) is 0 Å². The molecule has 2 aromatic heterocycles. The zero-order valence-electron chi connectivity index (χ0n) is 15.0. The summed E-state index contributed by atoms with van der Waals surface area (Å²) in [5.74, 6) is -0.305. The number of anilines is 1. The highest BCUT2D eigenvalue weighted by Gasteiger charge is 2.09. The Morgan fingerprint density at radius 1 is 1.18 bits per heavy atom. The number of carbonyl (C=O) groups excluding carboxylic acids is 1. The standard InChI is InChI=1S/C20H16N4O2S2/c1-13-12-27-20(22-13)28-16-8-6-15(7-9-16)23-18(25)11-24-19(26)17-5-3-2-4-14(17)10-21-24/h2-10,12H,11H2,1H3,(H,23,25). The third-order valence-corrected chi connectivity index (χ3v) is 6.06. The highest BCUT2D eigenvalue weighted by molar-refractivity contribution is 8.01. The second kappa shape index (κ2) is 7.95. The normalized spacial score (nSPS) is 10.9. The summed E-state index contributed by atoms with van der Waals surface area (Å²) in [6.45, 7) is 1.83. The highest BCUT2D eigenvalue weighted by atomic mass is 32.2. The SMILES string of the molecule is Cc1csc(Sc2ccc(NC(=O)Cn3ncc4ccccc4c3=O)cc2)n1. The third-order valence-electron chi connectivity index (χ3n) is 4.00. The lowest BCUT2D eigenvalue weighted by molar-refractivity contribution is -0.117. The van der Waals surface area contributed by atoms with Crippen LogP contribution in [-0.4, -0.2) is 20.7 Å². The van der Waals surface area contributed by atoms with Gasteiger partial charge in [0, 0.05) is 27.0 Å². The molecular formula is C20H16N4O2S2. The number of hydrogen-bond donors (Lipinski definition) is 1. The van der Waals surface area contributed by atoms with Gasteiger partial charge in [-0.3, -0.25) is 9.59 Å². The van der Waals surface area contributed by atoms with Gasteiger partial charge in [-0.15, -0.1) is 11.3 Å². The van der Waals surface area contributed by atoms with Crippen LogP contribution in [0.2, 0.25) is 0 Å². The van der Waals surface area contributed by atoms with E-state index in [1.807, 2.05) is 48.7 Å². The Hall–Kier alpha value is -2.97. The molecule has 2 heterocycles. The number of aromatic nitrogens is 3. The van der Waals surface area contributed by atoms with Crippen molar-refractivity contribution in [3.8, 4) is 0 Å². The smallest absolute Gasteiger partial charge is 0.275 e. The summed E-state index contributed by atoms with van der Waals surface area (Å²) in [5.41, 5.74) is 1.39. The van der Waals surface area contributed by atoms with Crippen LogP contribution in [0.1, 0.15) is 5.69 Å². The Bertz CT molecular complexity index is 1200. The number of fused-ring (bicyclic) bond motifs is 1. The van der Waals surface area contributed by atoms with Gasteiger partial charge in [0.15, 0.2) is 4.34 Å². The molecule has 4 aromatic rings. The van der Waals surface area contributed by atoms with E-state index >= 15 is 0 Å². The predicted molar refractivity (Wildman–Crippen MR) is 112 cm³/mol. The van der Waals surface area contributed by atoms with Gasteiger partial charge in [0.25, 0.3) is 5.56 Å². The fraction of sp³-hybridized carbons (Fsp3) is 0.100. The Balaban J connectivity index is 1.42. The maximum Gasteiger partial charge on any atom is 0.275 e. The monoisotopic (exact) mass is 408 g/mol. The number of benzene rings is 2. The van der Waals surface area contributed by atoms with Crippen molar-refractivity contribution in [1.29, 1.82) is 0 Å². The maximum absolute atomic E-state index is 12.4. The average Bonchev–Trinajstić information content (AvgIpc) is 3.10. The lowest BCUT2D eigenvalue weighted by Gasteiger charge is -2.08. The van der Waals surface area contributed by atoms with Crippen molar-refractivity contribution in [3.05, 3.63) is 76.2 Å². The summed E-state index contributed by atoms with van der Waals surface area (Å²) in [6, 6.07) is 14.7. The third kappa shape index (κ3) is 4.13. The van der Waals surface area contributed by atoms with Gasteiger partial charge >= 0.3 is 0 Å². The molecule has 0 spiro atoms. The maximum atomic E-state index is 12.4. The van der Waals surface area contributed by atoms with Crippen LogP contribution in [0.25, 0.3) is 10.8 Å². The number of hydrogen-bond acceptors (Lipinski definition) is 6. The van der Waals surface area contributed by atoms with Crippen LogP contribution in [0.5, 0.6) is 0 Å². The second-order valence-corrected chi connectivity index (χ2v) is 8.30. The number of amides is 1. The van der Waals surface area contributed by atoms with Crippen LogP contribution in [0.15, 0.2) is 74.1 Å². The lowest BCUT2D eigenvalue weighted by atomic mass is 10.2. The molecule has 2 aromatic carbocycles. The van der Waals surface area contributed by atoms with Gasteiger partial charge in [-0.1, -0.05) is 30.0 Å². The Morgan fingerprint density at radius 3 is 2.71 bits per heavy atom. The van der Waals surface area contributed by atoms with E-state index in [4.69, 9.17) is 0 Å². The molecule has 0 atom stereocenters. The van der Waals surface area contributed by atoms with Crippen molar-refractivity contribution in [2.75, 3.05) is 5.32 Å². The van der Waals surface area contributed by atoms with E-state index in [0.29, 0.717) is 11.1 Å². The van der Waals surface area contributed by atoms with Gasteiger partial charge in [-0.25, -0.2) is 9.67 Å². The molecular weight excluding hydrogens is 392 g/mol. The Morgan fingerprint density at radius 2 is 1.96 bits per heavy atom. The molecule has 8 heteroatoms. The van der Waals surface area contributed by atoms with Crippen molar-refractivity contribution in [1.82, 2.24) is 14.8 Å². The van der Waals surface area contributed by atoms with E-state index in [1.165, 1.54) is 4.68 Å². The summed E-state index contributed by atoms with van der Waals surface area (Å²) < 4.78 is 2.16. The zero-order valence-corrected chi connectivity index (χ0v) is 16.6. The molecule has 4 rings (SSSR count). The van der Waals surface area contributed by atoms with Crippen LogP contribution in [0, 0.1) is 6.92 Å². The summed E-state index contributed by atoms with van der Waals surface area (Å²) in [6.07, 6.45) is 1.59.